The van der Waals surface area contributed by atoms with E-state index in [2.05, 4.69) is 4.98 Å². The number of ether oxygens (including phenoxy) is 1. The summed E-state index contributed by atoms with van der Waals surface area (Å²) in [5, 5.41) is 0. The molecule has 0 aliphatic carbocycles. The predicted molar refractivity (Wildman–Crippen MR) is 83.2 cm³/mol. The molecule has 0 spiro atoms. The molecule has 1 unspecified atom stereocenters. The van der Waals surface area contributed by atoms with Crippen molar-refractivity contribution in [1.29, 1.82) is 0 Å². The molecule has 0 aliphatic heterocycles. The van der Waals surface area contributed by atoms with Gasteiger partial charge in [0.25, 0.3) is 0 Å². The molecule has 1 heterocycles. The number of rotatable bonds is 4. The van der Waals surface area contributed by atoms with Gasteiger partial charge in [-0.25, -0.2) is 4.39 Å². The summed E-state index contributed by atoms with van der Waals surface area (Å²) in [6.45, 7) is 5.41. The van der Waals surface area contributed by atoms with Crippen LogP contribution in [0.1, 0.15) is 43.6 Å². The van der Waals surface area contributed by atoms with Gasteiger partial charge in [0.1, 0.15) is 5.60 Å². The fraction of sp³-hybridized carbons (Fsp3) is 0.333. The number of hydrogen-bond donors (Lipinski definition) is 0. The third-order valence-corrected chi connectivity index (χ3v) is 3.06. The van der Waals surface area contributed by atoms with Crippen molar-refractivity contribution in [2.75, 3.05) is 0 Å². The molecule has 0 saturated heterocycles. The van der Waals surface area contributed by atoms with Gasteiger partial charge < -0.3 is 4.74 Å². The maximum atomic E-state index is 14.7. The Bertz CT molecular complexity index is 635. The molecule has 0 fully saturated rings. The molecule has 1 aromatic carbocycles. The van der Waals surface area contributed by atoms with Crippen molar-refractivity contribution in [3.8, 4) is 0 Å². The third kappa shape index (κ3) is 4.38. The molecular formula is C18H20FNO2. The van der Waals surface area contributed by atoms with Crippen LogP contribution < -0.4 is 0 Å². The van der Waals surface area contributed by atoms with Crippen LogP contribution in [0, 0.1) is 0 Å². The number of aromatic nitrogens is 1. The summed E-state index contributed by atoms with van der Waals surface area (Å²) in [7, 11) is 0. The van der Waals surface area contributed by atoms with Crippen molar-refractivity contribution in [3.63, 3.8) is 0 Å². The van der Waals surface area contributed by atoms with Gasteiger partial charge >= 0.3 is 5.97 Å². The van der Waals surface area contributed by atoms with Crippen molar-refractivity contribution in [2.45, 2.75) is 39.0 Å². The molecule has 0 amide bonds. The lowest BCUT2D eigenvalue weighted by atomic mass is 9.98. The Labute approximate surface area is 130 Å². The monoisotopic (exact) mass is 301 g/mol. The molecule has 0 aliphatic rings. The number of halogens is 1. The van der Waals surface area contributed by atoms with Gasteiger partial charge in [-0.2, -0.15) is 0 Å². The van der Waals surface area contributed by atoms with Crippen LogP contribution in [0.3, 0.4) is 0 Å². The first-order valence-electron chi connectivity index (χ1n) is 7.20. The lowest BCUT2D eigenvalue weighted by Gasteiger charge is -2.20. The maximum Gasteiger partial charge on any atom is 0.310 e. The molecule has 1 atom stereocenters. The highest BCUT2D eigenvalue weighted by Crippen LogP contribution is 2.28. The van der Waals surface area contributed by atoms with E-state index in [-0.39, 0.29) is 12.4 Å². The van der Waals surface area contributed by atoms with E-state index in [1.54, 1.807) is 51.1 Å². The second-order valence-electron chi connectivity index (χ2n) is 6.11. The Morgan fingerprint density at radius 2 is 1.91 bits per heavy atom. The number of alkyl halides is 1. The Morgan fingerprint density at radius 1 is 1.23 bits per heavy atom. The number of carbonyl (C=O) groups is 1. The fourth-order valence-electron chi connectivity index (χ4n) is 2.17. The molecule has 4 heteroatoms. The van der Waals surface area contributed by atoms with Crippen LogP contribution in [-0.2, 0) is 16.0 Å². The molecule has 2 rings (SSSR count). The zero-order chi connectivity index (χ0) is 16.2. The van der Waals surface area contributed by atoms with Crippen LogP contribution in [0.15, 0.2) is 48.8 Å². The summed E-state index contributed by atoms with van der Waals surface area (Å²) in [6, 6.07) is 10.5. The topological polar surface area (TPSA) is 39.2 Å². The van der Waals surface area contributed by atoms with E-state index in [4.69, 9.17) is 4.74 Å². The van der Waals surface area contributed by atoms with E-state index >= 15 is 0 Å². The van der Waals surface area contributed by atoms with Crippen LogP contribution in [0.2, 0.25) is 0 Å². The first-order valence-corrected chi connectivity index (χ1v) is 7.20. The van der Waals surface area contributed by atoms with Gasteiger partial charge in [0.2, 0.25) is 0 Å². The molecule has 3 nitrogen and oxygen atoms in total. The van der Waals surface area contributed by atoms with Gasteiger partial charge in [0.05, 0.1) is 6.42 Å². The van der Waals surface area contributed by atoms with Gasteiger partial charge in [-0.05, 0) is 43.5 Å². The van der Waals surface area contributed by atoms with E-state index in [1.807, 2.05) is 6.07 Å². The Hall–Kier alpha value is -2.23. The molecule has 0 radical (unpaired) electrons. The van der Waals surface area contributed by atoms with Crippen LogP contribution in [-0.4, -0.2) is 16.6 Å². The highest BCUT2D eigenvalue weighted by atomic mass is 19.1. The first-order chi connectivity index (χ1) is 10.4. The van der Waals surface area contributed by atoms with Crippen LogP contribution in [0.25, 0.3) is 0 Å². The zero-order valence-corrected chi connectivity index (χ0v) is 13.0. The SMILES string of the molecule is CC(C)(C)OC(=O)Cc1cnccc1C(F)c1ccccc1. The number of nitrogens with zero attached hydrogens (tertiary/aromatic N) is 1. The van der Waals surface area contributed by atoms with Crippen LogP contribution >= 0.6 is 0 Å². The lowest BCUT2D eigenvalue weighted by molar-refractivity contribution is -0.153. The third-order valence-electron chi connectivity index (χ3n) is 3.06. The molecule has 0 N–H and O–H groups in total. The maximum absolute atomic E-state index is 14.7. The molecule has 116 valence electrons. The van der Waals surface area contributed by atoms with Crippen LogP contribution in [0.4, 0.5) is 4.39 Å². The normalized spacial score (nSPS) is 12.7. The van der Waals surface area contributed by atoms with Crippen molar-refractivity contribution in [1.82, 2.24) is 4.98 Å². The number of esters is 1. The Morgan fingerprint density at radius 3 is 2.55 bits per heavy atom. The van der Waals surface area contributed by atoms with Gasteiger partial charge in [-0.3, -0.25) is 9.78 Å². The van der Waals surface area contributed by atoms with Gasteiger partial charge in [-0.1, -0.05) is 30.3 Å². The van der Waals surface area contributed by atoms with Gasteiger partial charge in [0, 0.05) is 12.4 Å². The Balaban J connectivity index is 2.22. The van der Waals surface area contributed by atoms with E-state index in [9.17, 15) is 9.18 Å². The van der Waals surface area contributed by atoms with Crippen LogP contribution in [0.5, 0.6) is 0 Å². The summed E-state index contributed by atoms with van der Waals surface area (Å²) < 4.78 is 20.0. The van der Waals surface area contributed by atoms with E-state index < -0.39 is 11.8 Å². The van der Waals surface area contributed by atoms with Crippen molar-refractivity contribution < 1.29 is 13.9 Å². The summed E-state index contributed by atoms with van der Waals surface area (Å²) in [4.78, 5) is 16.0. The minimum atomic E-state index is -1.29. The van der Waals surface area contributed by atoms with Gasteiger partial charge in [0.15, 0.2) is 6.17 Å². The van der Waals surface area contributed by atoms with Gasteiger partial charge in [-0.15, -0.1) is 0 Å². The molecule has 0 bridgehead atoms. The quantitative estimate of drug-likeness (QED) is 0.801. The molecule has 0 saturated carbocycles. The van der Waals surface area contributed by atoms with Crippen molar-refractivity contribution in [2.24, 2.45) is 0 Å². The summed E-state index contributed by atoms with van der Waals surface area (Å²) >= 11 is 0. The predicted octanol–water partition coefficient (Wildman–Crippen LogP) is 4.02. The summed E-state index contributed by atoms with van der Waals surface area (Å²) in [5.41, 5.74) is 0.993. The summed E-state index contributed by atoms with van der Waals surface area (Å²) in [6.07, 6.45) is 1.77. The number of carbonyl (C=O) groups excluding carboxylic acids is 1. The Kier molecular flexibility index (Phi) is 4.91. The largest absolute Gasteiger partial charge is 0.460 e. The second-order valence-corrected chi connectivity index (χ2v) is 6.11. The van der Waals surface area contributed by atoms with Crippen molar-refractivity contribution >= 4 is 5.97 Å². The van der Waals surface area contributed by atoms with E-state index in [1.165, 1.54) is 12.4 Å². The molecule has 1 aromatic heterocycles. The lowest BCUT2D eigenvalue weighted by Crippen LogP contribution is -2.25. The average Bonchev–Trinajstić information content (AvgIpc) is 2.46. The smallest absolute Gasteiger partial charge is 0.310 e. The minimum Gasteiger partial charge on any atom is -0.460 e. The standard InChI is InChI=1S/C18H20FNO2/c1-18(2,3)22-16(21)11-14-12-20-10-9-15(14)17(19)13-7-5-4-6-8-13/h4-10,12,17H,11H2,1-3H3. The second kappa shape index (κ2) is 6.69. The number of pyridine rings is 1. The number of hydrogen-bond acceptors (Lipinski definition) is 3. The fourth-order valence-corrected chi connectivity index (χ4v) is 2.17. The highest BCUT2D eigenvalue weighted by molar-refractivity contribution is 5.73. The number of benzene rings is 1. The molecular weight excluding hydrogens is 281 g/mol. The van der Waals surface area contributed by atoms with Crippen molar-refractivity contribution in [3.05, 3.63) is 65.5 Å². The van der Waals surface area contributed by atoms with E-state index in [0.29, 0.717) is 16.7 Å². The van der Waals surface area contributed by atoms with E-state index in [0.717, 1.165) is 0 Å². The first kappa shape index (κ1) is 16.1. The highest BCUT2D eigenvalue weighted by Gasteiger charge is 2.21. The molecule has 2 aromatic rings. The molecule has 22 heavy (non-hydrogen) atoms. The zero-order valence-electron chi connectivity index (χ0n) is 13.0. The summed E-state index contributed by atoms with van der Waals surface area (Å²) in [5.74, 6) is -0.387. The minimum absolute atomic E-state index is 0.00764. The average molecular weight is 301 g/mol.